The Morgan fingerprint density at radius 1 is 1.41 bits per heavy atom. The maximum atomic E-state index is 13.1. The maximum absolute atomic E-state index is 13.1. The number of hydrogen-bond acceptors (Lipinski definition) is 11. The Morgan fingerprint density at radius 3 is 2.74 bits per heavy atom. The van der Waals surface area contributed by atoms with Gasteiger partial charge in [0.05, 0.1) is 4.99 Å². The summed E-state index contributed by atoms with van der Waals surface area (Å²) in [5.74, 6) is -2.19. The molecule has 0 aliphatic carbocycles. The molecule has 0 spiro atoms. The highest BCUT2D eigenvalue weighted by Gasteiger charge is 2.59. The molecule has 2 unspecified atom stereocenters. The van der Waals surface area contributed by atoms with Gasteiger partial charge in [-0.3, -0.25) is 19.1 Å². The molecular formula is C18H19N5O7S4. The number of carboxylic acid groups (broad SMARTS) is 1. The Labute approximate surface area is 208 Å². The number of carbonyl (C=O) groups excluding carboxylic acids is 1. The average molecular weight is 546 g/mol. The molecule has 0 aromatic carbocycles. The summed E-state index contributed by atoms with van der Waals surface area (Å²) < 4.78 is 36.0. The summed E-state index contributed by atoms with van der Waals surface area (Å²) in [5.41, 5.74) is -0.540. The van der Waals surface area contributed by atoms with E-state index < -0.39 is 33.3 Å². The number of fused-ring (bicyclic) bond motifs is 1. The van der Waals surface area contributed by atoms with Crippen molar-refractivity contribution < 1.29 is 32.1 Å². The smallest absolute Gasteiger partial charge is 0.313 e. The van der Waals surface area contributed by atoms with Crippen LogP contribution in [-0.2, 0) is 25.5 Å². The van der Waals surface area contributed by atoms with Crippen LogP contribution in [0.5, 0.6) is 0 Å². The van der Waals surface area contributed by atoms with Crippen LogP contribution in [0.15, 0.2) is 34.2 Å². The van der Waals surface area contributed by atoms with Gasteiger partial charge < -0.3 is 19.3 Å². The lowest BCUT2D eigenvalue weighted by Gasteiger charge is -2.56. The predicted molar refractivity (Wildman–Crippen MR) is 127 cm³/mol. The number of anilines is 1. The fourth-order valence-corrected chi connectivity index (χ4v) is 7.07. The van der Waals surface area contributed by atoms with Gasteiger partial charge in [0.2, 0.25) is 11.8 Å². The largest absolute Gasteiger partial charge is 0.481 e. The van der Waals surface area contributed by atoms with Gasteiger partial charge in [-0.25, -0.2) is 0 Å². The van der Waals surface area contributed by atoms with Crippen molar-refractivity contribution in [2.45, 2.75) is 29.3 Å². The predicted octanol–water partition coefficient (Wildman–Crippen LogP) is 1.15. The molecule has 0 radical (unpaired) electrons. The van der Waals surface area contributed by atoms with E-state index in [1.807, 2.05) is 0 Å². The zero-order valence-electron chi connectivity index (χ0n) is 17.6. The van der Waals surface area contributed by atoms with Crippen LogP contribution in [-0.4, -0.2) is 84.5 Å². The first kappa shape index (κ1) is 24.8. The summed E-state index contributed by atoms with van der Waals surface area (Å²) in [4.78, 5) is 33.2. The summed E-state index contributed by atoms with van der Waals surface area (Å²) in [6, 6.07) is 2.99. The number of carboxylic acids is 1. The number of pyridine rings is 1. The molecule has 1 amide bonds. The van der Waals surface area contributed by atoms with Crippen LogP contribution in [0.2, 0.25) is 0 Å². The second kappa shape index (κ2) is 9.41. The molecule has 4 rings (SSSR count). The van der Waals surface area contributed by atoms with Crippen LogP contribution in [0.4, 0.5) is 5.69 Å². The van der Waals surface area contributed by atoms with Crippen LogP contribution in [0.25, 0.3) is 0 Å². The van der Waals surface area contributed by atoms with Gasteiger partial charge in [0.15, 0.2) is 5.75 Å². The fourth-order valence-electron chi connectivity index (χ4n) is 3.74. The third kappa shape index (κ3) is 4.91. The van der Waals surface area contributed by atoms with Crippen molar-refractivity contribution in [3.05, 3.63) is 30.4 Å². The van der Waals surface area contributed by atoms with E-state index >= 15 is 0 Å². The number of β-lactam (4-membered cyclic amide) rings is 1. The van der Waals surface area contributed by atoms with E-state index in [-0.39, 0.29) is 40.4 Å². The Morgan fingerprint density at radius 2 is 2.12 bits per heavy atom. The quantitative estimate of drug-likeness (QED) is 0.210. The minimum absolute atomic E-state index is 0.00495. The van der Waals surface area contributed by atoms with E-state index in [1.54, 1.807) is 36.4 Å². The first-order valence-electron chi connectivity index (χ1n) is 9.76. The highest BCUT2D eigenvalue weighted by molar-refractivity contribution is 8.00. The molecular weight excluding hydrogens is 526 g/mol. The number of thioether (sulfide) groups is 2. The summed E-state index contributed by atoms with van der Waals surface area (Å²) in [7, 11) is -4.34. The van der Waals surface area contributed by atoms with Crippen molar-refractivity contribution in [2.75, 3.05) is 23.0 Å². The van der Waals surface area contributed by atoms with Crippen molar-refractivity contribution in [1.29, 1.82) is 0 Å². The number of amides is 1. The van der Waals surface area contributed by atoms with Gasteiger partial charge in [-0.1, -0.05) is 24.0 Å². The number of rotatable bonds is 8. The monoisotopic (exact) mass is 545 g/mol. The van der Waals surface area contributed by atoms with Crippen molar-refractivity contribution in [3.63, 3.8) is 0 Å². The second-order valence-electron chi connectivity index (χ2n) is 7.77. The third-order valence-corrected chi connectivity index (χ3v) is 8.85. The highest BCUT2D eigenvalue weighted by Crippen LogP contribution is 2.46. The van der Waals surface area contributed by atoms with E-state index in [1.165, 1.54) is 16.7 Å². The lowest BCUT2D eigenvalue weighted by molar-refractivity contribution is -0.155. The minimum Gasteiger partial charge on any atom is -0.481 e. The van der Waals surface area contributed by atoms with Crippen molar-refractivity contribution >= 4 is 68.4 Å². The molecule has 2 N–H and O–H groups in total. The molecule has 2 aliphatic rings. The lowest BCUT2D eigenvalue weighted by atomic mass is 9.89. The Bertz CT molecular complexity index is 1220. The maximum Gasteiger partial charge on any atom is 0.313 e. The topological polar surface area (TPSA) is 167 Å². The molecule has 16 heteroatoms. The molecule has 3 atom stereocenters. The van der Waals surface area contributed by atoms with Crippen LogP contribution >= 0.6 is 35.7 Å². The SMILES string of the molecule is CC(=S)N(c1ccncc1)C1C(=O)N2CC(CSc3nnc(CS(=O)(=O)O)o3)(C(=O)O)CS[C@H]12. The lowest BCUT2D eigenvalue weighted by Crippen LogP contribution is -2.74. The van der Waals surface area contributed by atoms with Crippen molar-refractivity contribution in [2.24, 2.45) is 5.41 Å². The zero-order valence-corrected chi connectivity index (χ0v) is 20.9. The number of hydrogen-bond donors (Lipinski definition) is 2. The van der Waals surface area contributed by atoms with E-state index in [9.17, 15) is 23.1 Å². The summed E-state index contributed by atoms with van der Waals surface area (Å²) >= 11 is 7.71. The standard InChI is InChI=1S/C18H19N5O7S4/c1-10(31)23(11-2-4-19-5-3-11)13-14(24)22-7-18(16(25)26,8-32-15(13)22)9-33-17-21-20-12(30-17)6-34(27,28)29/h2-5,13,15H,6-9H2,1H3,(H,25,26)(H,27,28,29)/t13?,15-,18?/m1/s1. The minimum atomic E-state index is -4.34. The van der Waals surface area contributed by atoms with Gasteiger partial charge in [0, 0.05) is 36.1 Å². The zero-order chi connectivity index (χ0) is 24.7. The normalized spacial score (nSPS) is 24.3. The molecule has 2 aliphatic heterocycles. The van der Waals surface area contributed by atoms with Crippen LogP contribution < -0.4 is 4.90 Å². The molecule has 12 nitrogen and oxygen atoms in total. The summed E-state index contributed by atoms with van der Waals surface area (Å²) in [6.45, 7) is 1.73. The molecule has 2 fully saturated rings. The second-order valence-corrected chi connectivity index (χ2v) is 11.8. The molecule has 34 heavy (non-hydrogen) atoms. The molecule has 2 aromatic heterocycles. The van der Waals surface area contributed by atoms with E-state index in [0.717, 1.165) is 17.4 Å². The first-order chi connectivity index (χ1) is 16.0. The van der Waals surface area contributed by atoms with E-state index in [2.05, 4.69) is 15.2 Å². The van der Waals surface area contributed by atoms with Gasteiger partial charge >= 0.3 is 5.97 Å². The van der Waals surface area contributed by atoms with Gasteiger partial charge in [-0.2, -0.15) is 8.42 Å². The summed E-state index contributed by atoms with van der Waals surface area (Å²) in [6.07, 6.45) is 3.22. The van der Waals surface area contributed by atoms with Crippen molar-refractivity contribution in [3.8, 4) is 0 Å². The molecule has 2 saturated heterocycles. The number of carbonyl (C=O) groups is 2. The number of nitrogens with zero attached hydrogens (tertiary/aromatic N) is 5. The van der Waals surface area contributed by atoms with Crippen LogP contribution in [0.3, 0.4) is 0 Å². The third-order valence-electron chi connectivity index (χ3n) is 5.35. The van der Waals surface area contributed by atoms with E-state index in [4.69, 9.17) is 21.2 Å². The van der Waals surface area contributed by atoms with Crippen LogP contribution in [0, 0.1) is 5.41 Å². The van der Waals surface area contributed by atoms with E-state index in [0.29, 0.717) is 4.99 Å². The Hall–Kier alpha value is -2.27. The average Bonchev–Trinajstić information content (AvgIpc) is 3.21. The Kier molecular flexibility index (Phi) is 6.87. The molecule has 2 aromatic rings. The van der Waals surface area contributed by atoms with Crippen LogP contribution in [0.1, 0.15) is 12.8 Å². The number of aliphatic carboxylic acids is 1. The first-order valence-corrected chi connectivity index (χ1v) is 13.8. The molecule has 182 valence electrons. The fraction of sp³-hybridized carbons (Fsp3) is 0.444. The molecule has 0 saturated carbocycles. The van der Waals surface area contributed by atoms with Gasteiger partial charge in [0.25, 0.3) is 15.3 Å². The molecule has 0 bridgehead atoms. The number of thiocarbonyl (C=S) groups is 1. The highest BCUT2D eigenvalue weighted by atomic mass is 32.2. The van der Waals surface area contributed by atoms with Gasteiger partial charge in [0.1, 0.15) is 16.8 Å². The Balaban J connectivity index is 1.47. The number of aromatic nitrogens is 3. The van der Waals surface area contributed by atoms with Gasteiger partial charge in [-0.15, -0.1) is 22.0 Å². The summed E-state index contributed by atoms with van der Waals surface area (Å²) in [5, 5.41) is 16.9. The van der Waals surface area contributed by atoms with Crippen molar-refractivity contribution in [1.82, 2.24) is 20.1 Å². The van der Waals surface area contributed by atoms with Gasteiger partial charge in [-0.05, 0) is 19.1 Å². The molecule has 4 heterocycles.